The second-order valence-corrected chi connectivity index (χ2v) is 3.24. The van der Waals surface area contributed by atoms with Crippen molar-refractivity contribution in [2.75, 3.05) is 18.4 Å². The Balaban J connectivity index is 2.58. The van der Waals surface area contributed by atoms with Gasteiger partial charge in [-0.25, -0.2) is 10.1 Å². The van der Waals surface area contributed by atoms with Crippen LogP contribution in [0.25, 0.3) is 0 Å². The summed E-state index contributed by atoms with van der Waals surface area (Å²) in [5, 5.41) is 20.9. The van der Waals surface area contributed by atoms with E-state index < -0.39 is 15.5 Å². The molecule has 1 saturated heterocycles. The van der Waals surface area contributed by atoms with Gasteiger partial charge in [0, 0.05) is 4.92 Å². The Morgan fingerprint density at radius 2 is 1.92 bits per heavy atom. The summed E-state index contributed by atoms with van der Waals surface area (Å²) in [6, 6.07) is 0. The molecule has 8 heteroatoms. The average molecular weight is 240 g/mol. The Hall–Kier alpha value is -0.920. The van der Waals surface area contributed by atoms with E-state index in [-0.39, 0.29) is 18.4 Å². The van der Waals surface area contributed by atoms with Crippen LogP contribution in [0, 0.1) is 20.2 Å². The molecule has 0 unspecified atom stereocenters. The molecule has 68 valence electrons. The molecule has 1 aliphatic heterocycles. The highest BCUT2D eigenvalue weighted by atomic mass is 79.9. The standard InChI is InChI=1S/C4H6BrN3O4/c5-1-4(7(9)10)2-6(3-4)8(11)12/h1-3H2. The van der Waals surface area contributed by atoms with Gasteiger partial charge in [-0.2, -0.15) is 0 Å². The second-order valence-electron chi connectivity index (χ2n) is 2.68. The molecule has 1 heterocycles. The molecular weight excluding hydrogens is 234 g/mol. The largest absolute Gasteiger partial charge is 0.277 e. The average Bonchev–Trinajstić information content (AvgIpc) is 1.84. The first-order valence-corrected chi connectivity index (χ1v) is 4.24. The monoisotopic (exact) mass is 239 g/mol. The summed E-state index contributed by atoms with van der Waals surface area (Å²) >= 11 is 2.97. The molecule has 0 radical (unpaired) electrons. The van der Waals surface area contributed by atoms with Crippen molar-refractivity contribution in [2.24, 2.45) is 0 Å². The number of hydrogen-bond donors (Lipinski definition) is 0. The molecule has 1 rings (SSSR count). The van der Waals surface area contributed by atoms with Gasteiger partial charge in [-0.05, 0) is 0 Å². The lowest BCUT2D eigenvalue weighted by Gasteiger charge is -2.35. The van der Waals surface area contributed by atoms with Crippen molar-refractivity contribution in [1.82, 2.24) is 5.01 Å². The number of halogens is 1. The van der Waals surface area contributed by atoms with Crippen molar-refractivity contribution in [3.8, 4) is 0 Å². The van der Waals surface area contributed by atoms with Crippen LogP contribution in [-0.2, 0) is 0 Å². The Kier molecular flexibility index (Phi) is 2.18. The molecule has 1 fully saturated rings. The van der Waals surface area contributed by atoms with E-state index >= 15 is 0 Å². The van der Waals surface area contributed by atoms with Gasteiger partial charge in [-0.3, -0.25) is 10.1 Å². The highest BCUT2D eigenvalue weighted by Gasteiger charge is 2.58. The highest BCUT2D eigenvalue weighted by molar-refractivity contribution is 9.09. The zero-order valence-electron chi connectivity index (χ0n) is 5.97. The summed E-state index contributed by atoms with van der Waals surface area (Å²) in [5.41, 5.74) is -1.16. The van der Waals surface area contributed by atoms with E-state index in [2.05, 4.69) is 15.9 Å². The van der Waals surface area contributed by atoms with Crippen LogP contribution in [0.2, 0.25) is 0 Å². The van der Waals surface area contributed by atoms with E-state index in [0.29, 0.717) is 0 Å². The van der Waals surface area contributed by atoms with Gasteiger partial charge in [0.1, 0.15) is 0 Å². The quantitative estimate of drug-likeness (QED) is 0.390. The van der Waals surface area contributed by atoms with Gasteiger partial charge in [-0.1, -0.05) is 15.9 Å². The maximum Gasteiger partial charge on any atom is 0.277 e. The fraction of sp³-hybridized carbons (Fsp3) is 1.00. The van der Waals surface area contributed by atoms with Crippen molar-refractivity contribution < 1.29 is 9.96 Å². The number of hydrogen-bond acceptors (Lipinski definition) is 4. The molecule has 0 aliphatic carbocycles. The minimum atomic E-state index is -1.16. The third-order valence-electron chi connectivity index (χ3n) is 1.82. The SMILES string of the molecule is O=[N+]([O-])N1CC(CBr)([N+](=O)[O-])C1. The predicted molar refractivity (Wildman–Crippen MR) is 42.1 cm³/mol. The Bertz CT molecular complexity index is 226. The first kappa shape index (κ1) is 9.17. The van der Waals surface area contributed by atoms with Gasteiger partial charge >= 0.3 is 0 Å². The summed E-state index contributed by atoms with van der Waals surface area (Å²) in [5.74, 6) is 0. The summed E-state index contributed by atoms with van der Waals surface area (Å²) in [6.07, 6.45) is 0. The van der Waals surface area contributed by atoms with Crippen LogP contribution in [-0.4, -0.2) is 38.9 Å². The summed E-state index contributed by atoms with van der Waals surface area (Å²) in [7, 11) is 0. The lowest BCUT2D eigenvalue weighted by molar-refractivity contribution is -0.718. The molecule has 0 aromatic heterocycles. The summed E-state index contributed by atoms with van der Waals surface area (Å²) in [4.78, 5) is 20.1. The fourth-order valence-corrected chi connectivity index (χ4v) is 1.56. The maximum absolute atomic E-state index is 10.4. The van der Waals surface area contributed by atoms with E-state index in [1.165, 1.54) is 0 Å². The zero-order chi connectivity index (χ0) is 9.35. The molecule has 1 aliphatic rings. The Morgan fingerprint density at radius 1 is 1.42 bits per heavy atom. The van der Waals surface area contributed by atoms with Gasteiger partial charge in [0.2, 0.25) is 0 Å². The molecule has 0 saturated carbocycles. The van der Waals surface area contributed by atoms with Gasteiger partial charge in [0.15, 0.2) is 18.1 Å². The maximum atomic E-state index is 10.4. The zero-order valence-corrected chi connectivity index (χ0v) is 7.56. The number of nitrogens with zero attached hydrogens (tertiary/aromatic N) is 3. The number of rotatable bonds is 3. The first-order chi connectivity index (χ1) is 5.52. The van der Waals surface area contributed by atoms with Crippen LogP contribution in [0.5, 0.6) is 0 Å². The van der Waals surface area contributed by atoms with E-state index in [9.17, 15) is 20.2 Å². The Labute approximate surface area is 75.7 Å². The van der Waals surface area contributed by atoms with Crippen molar-refractivity contribution in [3.63, 3.8) is 0 Å². The number of hydrazine groups is 1. The smallest absolute Gasteiger partial charge is 0.264 e. The molecule has 0 aromatic rings. The van der Waals surface area contributed by atoms with Gasteiger partial charge < -0.3 is 0 Å². The van der Waals surface area contributed by atoms with Crippen LogP contribution < -0.4 is 0 Å². The number of alkyl halides is 1. The van der Waals surface area contributed by atoms with Gasteiger partial charge in [0.05, 0.1) is 5.33 Å². The minimum Gasteiger partial charge on any atom is -0.264 e. The lowest BCUT2D eigenvalue weighted by atomic mass is 9.95. The fourth-order valence-electron chi connectivity index (χ4n) is 0.997. The van der Waals surface area contributed by atoms with Gasteiger partial charge in [-0.15, -0.1) is 5.01 Å². The lowest BCUT2D eigenvalue weighted by Crippen LogP contribution is -2.68. The molecule has 0 amide bonds. The highest BCUT2D eigenvalue weighted by Crippen LogP contribution is 2.25. The minimum absolute atomic E-state index is 0.127. The predicted octanol–water partition coefficient (Wildman–Crippen LogP) is -0.0959. The molecule has 12 heavy (non-hydrogen) atoms. The molecular formula is C4H6BrN3O4. The molecule has 0 spiro atoms. The van der Waals surface area contributed by atoms with E-state index in [1.54, 1.807) is 0 Å². The molecule has 0 bridgehead atoms. The molecule has 7 nitrogen and oxygen atoms in total. The summed E-state index contributed by atoms with van der Waals surface area (Å²) < 4.78 is 0. The van der Waals surface area contributed by atoms with E-state index in [0.717, 1.165) is 5.01 Å². The van der Waals surface area contributed by atoms with E-state index in [4.69, 9.17) is 0 Å². The normalized spacial score (nSPS) is 19.9. The van der Waals surface area contributed by atoms with E-state index in [1.807, 2.05) is 0 Å². The molecule has 0 atom stereocenters. The molecule has 0 N–H and O–H groups in total. The van der Waals surface area contributed by atoms with Crippen LogP contribution in [0.3, 0.4) is 0 Å². The summed E-state index contributed by atoms with van der Waals surface area (Å²) in [6.45, 7) is -0.253. The van der Waals surface area contributed by atoms with Crippen molar-refractivity contribution in [3.05, 3.63) is 20.2 Å². The first-order valence-electron chi connectivity index (χ1n) is 3.11. The topological polar surface area (TPSA) is 89.5 Å². The number of nitro groups is 2. The Morgan fingerprint density at radius 3 is 2.17 bits per heavy atom. The van der Waals surface area contributed by atoms with Crippen LogP contribution in [0.15, 0.2) is 0 Å². The van der Waals surface area contributed by atoms with Crippen molar-refractivity contribution in [1.29, 1.82) is 0 Å². The molecule has 0 aromatic carbocycles. The van der Waals surface area contributed by atoms with Crippen LogP contribution in [0.1, 0.15) is 0 Å². The van der Waals surface area contributed by atoms with Crippen molar-refractivity contribution >= 4 is 15.9 Å². The van der Waals surface area contributed by atoms with Gasteiger partial charge in [0.25, 0.3) is 5.54 Å². The van der Waals surface area contributed by atoms with Crippen LogP contribution >= 0.6 is 15.9 Å². The third-order valence-corrected chi connectivity index (χ3v) is 2.86. The van der Waals surface area contributed by atoms with Crippen LogP contribution in [0.4, 0.5) is 0 Å². The third kappa shape index (κ3) is 1.22. The van der Waals surface area contributed by atoms with Crippen molar-refractivity contribution in [2.45, 2.75) is 5.54 Å². The second kappa shape index (κ2) is 2.85.